The number of aliphatic hydroxyl groups excluding tert-OH is 2. The third-order valence-electron chi connectivity index (χ3n) is 3.80. The Bertz CT molecular complexity index is 1080. The molecule has 0 atom stereocenters. The molecule has 4 aromatic heterocycles. The minimum absolute atomic E-state index is 0.0102. The molecule has 6 N–H and O–H groups in total. The number of hydrogen-bond donors (Lipinski definition) is 4. The van der Waals surface area contributed by atoms with Gasteiger partial charge in [0.05, 0.1) is 39.1 Å². The number of nitrogen functional groups attached to an aromatic ring is 2. The van der Waals surface area contributed by atoms with Crippen molar-refractivity contribution < 1.29 is 19.7 Å². The second-order valence-electron chi connectivity index (χ2n) is 5.81. The third-order valence-corrected chi connectivity index (χ3v) is 3.80. The lowest BCUT2D eigenvalue weighted by Crippen LogP contribution is -2.06. The normalized spacial score (nSPS) is 11.0. The average molecular weight is 418 g/mol. The molecule has 0 saturated heterocycles. The lowest BCUT2D eigenvalue weighted by molar-refractivity contribution is 0.0499. The highest BCUT2D eigenvalue weighted by molar-refractivity contribution is 5.81. The minimum Gasteiger partial charge on any atom is -0.394 e. The molecule has 160 valence electrons. The summed E-state index contributed by atoms with van der Waals surface area (Å²) in [6.07, 6.45) is 5.89. The SMILES string of the molecule is Nc1ncnc2c1ncn2COCCO.Nc1ncnc2ncn(COCCO)c12. The van der Waals surface area contributed by atoms with Gasteiger partial charge in [0.15, 0.2) is 22.9 Å². The van der Waals surface area contributed by atoms with Crippen molar-refractivity contribution >= 4 is 34.0 Å². The van der Waals surface area contributed by atoms with Gasteiger partial charge in [0.2, 0.25) is 0 Å². The Hall–Kier alpha value is -3.46. The predicted molar refractivity (Wildman–Crippen MR) is 106 cm³/mol. The van der Waals surface area contributed by atoms with Crippen LogP contribution in [0.1, 0.15) is 0 Å². The van der Waals surface area contributed by atoms with Crippen molar-refractivity contribution in [2.24, 2.45) is 0 Å². The number of nitrogens with zero attached hydrogens (tertiary/aromatic N) is 8. The fraction of sp³-hybridized carbons (Fsp3) is 0.375. The van der Waals surface area contributed by atoms with Gasteiger partial charge < -0.3 is 35.7 Å². The summed E-state index contributed by atoms with van der Waals surface area (Å²) in [5.41, 5.74) is 13.7. The molecule has 0 radical (unpaired) electrons. The van der Waals surface area contributed by atoms with Crippen molar-refractivity contribution in [1.29, 1.82) is 0 Å². The monoisotopic (exact) mass is 418 g/mol. The third kappa shape index (κ3) is 4.93. The van der Waals surface area contributed by atoms with E-state index in [-0.39, 0.29) is 39.9 Å². The van der Waals surface area contributed by atoms with E-state index in [0.717, 1.165) is 0 Å². The van der Waals surface area contributed by atoms with Crippen LogP contribution in [0.3, 0.4) is 0 Å². The van der Waals surface area contributed by atoms with E-state index in [4.69, 9.17) is 31.2 Å². The Kier molecular flexibility index (Phi) is 7.34. The molecule has 4 aromatic rings. The lowest BCUT2D eigenvalue weighted by atomic mass is 10.5. The molecule has 0 bridgehead atoms. The molecule has 0 aliphatic heterocycles. The Morgan fingerprint density at radius 1 is 0.767 bits per heavy atom. The van der Waals surface area contributed by atoms with Crippen molar-refractivity contribution in [2.45, 2.75) is 13.5 Å². The van der Waals surface area contributed by atoms with Crippen LogP contribution in [0.4, 0.5) is 11.6 Å². The lowest BCUT2D eigenvalue weighted by Gasteiger charge is -2.04. The second-order valence-corrected chi connectivity index (χ2v) is 5.81. The summed E-state index contributed by atoms with van der Waals surface area (Å²) in [4.78, 5) is 23.8. The van der Waals surface area contributed by atoms with Gasteiger partial charge in [-0.3, -0.25) is 4.57 Å². The molecule has 14 heteroatoms. The molecule has 0 amide bonds. The molecule has 0 saturated carbocycles. The Balaban J connectivity index is 0.000000171. The summed E-state index contributed by atoms with van der Waals surface area (Å²) in [7, 11) is 0. The summed E-state index contributed by atoms with van der Waals surface area (Å²) < 4.78 is 13.7. The van der Waals surface area contributed by atoms with Gasteiger partial charge in [0.25, 0.3) is 0 Å². The molecule has 0 fully saturated rings. The van der Waals surface area contributed by atoms with Crippen LogP contribution in [0.5, 0.6) is 0 Å². The van der Waals surface area contributed by atoms with E-state index in [1.807, 2.05) is 0 Å². The number of aromatic nitrogens is 8. The van der Waals surface area contributed by atoms with Gasteiger partial charge in [-0.2, -0.15) is 0 Å². The van der Waals surface area contributed by atoms with Crippen LogP contribution in [-0.2, 0) is 22.9 Å². The van der Waals surface area contributed by atoms with E-state index in [9.17, 15) is 0 Å². The van der Waals surface area contributed by atoms with E-state index in [1.54, 1.807) is 21.8 Å². The van der Waals surface area contributed by atoms with Crippen LogP contribution in [0.2, 0.25) is 0 Å². The summed E-state index contributed by atoms with van der Waals surface area (Å²) in [6, 6.07) is 0. The summed E-state index contributed by atoms with van der Waals surface area (Å²) >= 11 is 0. The van der Waals surface area contributed by atoms with E-state index in [0.29, 0.717) is 34.0 Å². The molecule has 0 unspecified atom stereocenters. The molecule has 0 spiro atoms. The van der Waals surface area contributed by atoms with Crippen molar-refractivity contribution in [2.75, 3.05) is 37.9 Å². The Morgan fingerprint density at radius 2 is 1.40 bits per heavy atom. The van der Waals surface area contributed by atoms with Crippen molar-refractivity contribution in [3.8, 4) is 0 Å². The van der Waals surface area contributed by atoms with Crippen molar-refractivity contribution in [3.05, 3.63) is 25.3 Å². The molecule has 4 heterocycles. The molecule has 0 aromatic carbocycles. The summed E-state index contributed by atoms with van der Waals surface area (Å²) in [5.74, 6) is 0.714. The molecule has 14 nitrogen and oxygen atoms in total. The van der Waals surface area contributed by atoms with Crippen LogP contribution in [-0.4, -0.2) is 75.7 Å². The number of hydrogen-bond acceptors (Lipinski definition) is 12. The highest BCUT2D eigenvalue weighted by atomic mass is 16.5. The topological polar surface area (TPSA) is 198 Å². The van der Waals surface area contributed by atoms with Gasteiger partial charge in [0.1, 0.15) is 37.1 Å². The molecule has 0 aliphatic carbocycles. The number of imidazole rings is 2. The maximum Gasteiger partial charge on any atom is 0.183 e. The average Bonchev–Trinajstić information content (AvgIpc) is 3.35. The van der Waals surface area contributed by atoms with E-state index in [1.165, 1.54) is 12.7 Å². The standard InChI is InChI=1S/2C8H11N5O2/c9-7-6-8(11-3-10-7)12-4-13(6)5-15-2-1-14;9-7-6-8(11-3-10-7)13(4-12-6)5-15-2-1-14/h2*3-4,14H,1-2,5H2,(H2,9,10,11). The maximum atomic E-state index is 8.56. The number of rotatable bonds is 8. The second kappa shape index (κ2) is 10.4. The van der Waals surface area contributed by atoms with Gasteiger partial charge in [0, 0.05) is 0 Å². The van der Waals surface area contributed by atoms with Gasteiger partial charge in [-0.15, -0.1) is 0 Å². The summed E-state index contributed by atoms with van der Waals surface area (Å²) in [5, 5.41) is 17.1. The fourth-order valence-corrected chi connectivity index (χ4v) is 2.48. The van der Waals surface area contributed by atoms with Gasteiger partial charge in [-0.1, -0.05) is 0 Å². The predicted octanol–water partition coefficient (Wildman–Crippen LogP) is -1.25. The van der Waals surface area contributed by atoms with E-state index >= 15 is 0 Å². The smallest absolute Gasteiger partial charge is 0.183 e. The van der Waals surface area contributed by atoms with Crippen LogP contribution in [0.25, 0.3) is 22.3 Å². The van der Waals surface area contributed by atoms with Crippen molar-refractivity contribution in [1.82, 2.24) is 39.0 Å². The zero-order valence-electron chi connectivity index (χ0n) is 16.0. The number of anilines is 2. The number of ether oxygens (including phenoxy) is 2. The van der Waals surface area contributed by atoms with Crippen LogP contribution in [0.15, 0.2) is 25.3 Å². The quantitative estimate of drug-likeness (QED) is 0.248. The number of aliphatic hydroxyl groups is 2. The first-order valence-electron chi connectivity index (χ1n) is 8.85. The van der Waals surface area contributed by atoms with E-state index in [2.05, 4.69) is 29.9 Å². The molecular formula is C16H22N10O4. The first kappa shape index (κ1) is 21.3. The molecule has 30 heavy (non-hydrogen) atoms. The number of fused-ring (bicyclic) bond motifs is 2. The van der Waals surface area contributed by atoms with Crippen LogP contribution in [0, 0.1) is 0 Å². The van der Waals surface area contributed by atoms with Crippen LogP contribution >= 0.6 is 0 Å². The summed E-state index contributed by atoms with van der Waals surface area (Å²) in [6.45, 7) is 1.08. The first-order chi connectivity index (χ1) is 14.7. The fourth-order valence-electron chi connectivity index (χ4n) is 2.48. The van der Waals surface area contributed by atoms with Crippen LogP contribution < -0.4 is 11.5 Å². The minimum atomic E-state index is -0.0153. The molecule has 4 rings (SSSR count). The highest BCUT2D eigenvalue weighted by Crippen LogP contribution is 2.15. The zero-order chi connectivity index (χ0) is 21.3. The maximum absolute atomic E-state index is 8.56. The molecule has 0 aliphatic rings. The van der Waals surface area contributed by atoms with E-state index < -0.39 is 0 Å². The zero-order valence-corrected chi connectivity index (χ0v) is 16.0. The molecular weight excluding hydrogens is 396 g/mol. The van der Waals surface area contributed by atoms with Crippen molar-refractivity contribution in [3.63, 3.8) is 0 Å². The van der Waals surface area contributed by atoms with Gasteiger partial charge in [-0.05, 0) is 0 Å². The Morgan fingerprint density at radius 3 is 2.13 bits per heavy atom. The number of nitrogens with two attached hydrogens (primary N) is 2. The highest BCUT2D eigenvalue weighted by Gasteiger charge is 2.08. The largest absolute Gasteiger partial charge is 0.394 e. The first-order valence-corrected chi connectivity index (χ1v) is 8.85. The Labute approximate surface area is 170 Å². The van der Waals surface area contributed by atoms with Gasteiger partial charge >= 0.3 is 0 Å². The van der Waals surface area contributed by atoms with Gasteiger partial charge in [-0.25, -0.2) is 29.9 Å².